The van der Waals surface area contributed by atoms with Crippen LogP contribution in [0.1, 0.15) is 28.9 Å². The molecule has 7 heteroatoms. The highest BCUT2D eigenvalue weighted by atomic mass is 16.5. The number of hydrogen-bond donors (Lipinski definition) is 0. The maximum absolute atomic E-state index is 12.7. The Morgan fingerprint density at radius 2 is 1.80 bits per heavy atom. The van der Waals surface area contributed by atoms with Crippen LogP contribution < -0.4 is 4.74 Å². The molecule has 2 heterocycles. The van der Waals surface area contributed by atoms with Gasteiger partial charge in [-0.1, -0.05) is 12.1 Å². The van der Waals surface area contributed by atoms with Crippen LogP contribution in [0.25, 0.3) is 0 Å². The Morgan fingerprint density at radius 3 is 2.40 bits per heavy atom. The minimum absolute atomic E-state index is 0.00374. The Labute approximate surface area is 146 Å². The highest BCUT2D eigenvalue weighted by molar-refractivity contribution is 5.93. The second-order valence-electron chi connectivity index (χ2n) is 5.88. The van der Waals surface area contributed by atoms with Gasteiger partial charge in [-0.25, -0.2) is 9.97 Å². The lowest BCUT2D eigenvalue weighted by molar-refractivity contribution is -0.133. The van der Waals surface area contributed by atoms with E-state index < -0.39 is 0 Å². The minimum Gasteiger partial charge on any atom is -0.497 e. The Morgan fingerprint density at radius 1 is 1.12 bits per heavy atom. The number of piperazine rings is 1. The third-order valence-corrected chi connectivity index (χ3v) is 4.38. The monoisotopic (exact) mass is 340 g/mol. The Kier molecular flexibility index (Phi) is 4.92. The maximum Gasteiger partial charge on any atom is 0.257 e. The van der Waals surface area contributed by atoms with E-state index in [1.807, 2.05) is 24.3 Å². The molecule has 1 aliphatic rings. The zero-order valence-electron chi connectivity index (χ0n) is 14.3. The van der Waals surface area contributed by atoms with Crippen molar-refractivity contribution in [3.05, 3.63) is 54.1 Å². The van der Waals surface area contributed by atoms with Gasteiger partial charge in [-0.2, -0.15) is 0 Å². The average Bonchev–Trinajstić information content (AvgIpc) is 2.67. The topological polar surface area (TPSA) is 75.6 Å². The fourth-order valence-electron chi connectivity index (χ4n) is 3.05. The Bertz CT molecular complexity index is 749. The van der Waals surface area contributed by atoms with Crippen LogP contribution in [-0.4, -0.2) is 58.3 Å². The molecule has 7 nitrogen and oxygen atoms in total. The molecule has 130 valence electrons. The summed E-state index contributed by atoms with van der Waals surface area (Å²) in [5, 5.41) is 0. The third kappa shape index (κ3) is 3.60. The van der Waals surface area contributed by atoms with Crippen molar-refractivity contribution in [2.45, 2.75) is 13.0 Å². The van der Waals surface area contributed by atoms with Crippen LogP contribution in [0.4, 0.5) is 0 Å². The molecule has 25 heavy (non-hydrogen) atoms. The summed E-state index contributed by atoms with van der Waals surface area (Å²) in [6, 6.07) is 7.39. The van der Waals surface area contributed by atoms with Crippen molar-refractivity contribution < 1.29 is 14.3 Å². The van der Waals surface area contributed by atoms with E-state index in [1.165, 1.54) is 18.7 Å². The molecule has 1 aliphatic heterocycles. The SMILES string of the molecule is COc1ccc([C@@H]2CN(C(=O)c3cncnc3)CCN2C(C)=O)cc1. The van der Waals surface area contributed by atoms with Crippen molar-refractivity contribution in [1.82, 2.24) is 19.8 Å². The summed E-state index contributed by atoms with van der Waals surface area (Å²) in [7, 11) is 1.61. The lowest BCUT2D eigenvalue weighted by Gasteiger charge is -2.41. The van der Waals surface area contributed by atoms with Crippen molar-refractivity contribution in [2.24, 2.45) is 0 Å². The summed E-state index contributed by atoms with van der Waals surface area (Å²) in [4.78, 5) is 36.1. The van der Waals surface area contributed by atoms with Crippen LogP contribution in [0.15, 0.2) is 43.0 Å². The summed E-state index contributed by atoms with van der Waals surface area (Å²) in [6.45, 7) is 2.96. The molecule has 1 fully saturated rings. The van der Waals surface area contributed by atoms with Gasteiger partial charge in [0.05, 0.1) is 18.7 Å². The normalized spacial score (nSPS) is 17.3. The summed E-state index contributed by atoms with van der Waals surface area (Å²) < 4.78 is 5.19. The van der Waals surface area contributed by atoms with Crippen molar-refractivity contribution in [3.63, 3.8) is 0 Å². The molecule has 2 amide bonds. The number of carbonyl (C=O) groups is 2. The third-order valence-electron chi connectivity index (χ3n) is 4.38. The number of benzene rings is 1. The van der Waals surface area contributed by atoms with E-state index in [0.29, 0.717) is 25.2 Å². The molecule has 0 spiro atoms. The molecule has 2 aromatic rings. The molecular formula is C18H20N4O3. The first-order chi connectivity index (χ1) is 12.1. The minimum atomic E-state index is -0.189. The van der Waals surface area contributed by atoms with Gasteiger partial charge in [0, 0.05) is 39.0 Å². The van der Waals surface area contributed by atoms with Crippen LogP contribution in [0.2, 0.25) is 0 Å². The quantitative estimate of drug-likeness (QED) is 0.847. The summed E-state index contributed by atoms with van der Waals surface area (Å²) >= 11 is 0. The number of carbonyl (C=O) groups excluding carboxylic acids is 2. The summed E-state index contributed by atoms with van der Waals surface area (Å²) in [6.07, 6.45) is 4.41. The largest absolute Gasteiger partial charge is 0.497 e. The zero-order valence-corrected chi connectivity index (χ0v) is 14.3. The fourth-order valence-corrected chi connectivity index (χ4v) is 3.05. The van der Waals surface area contributed by atoms with E-state index in [1.54, 1.807) is 23.8 Å². The van der Waals surface area contributed by atoms with Crippen molar-refractivity contribution in [1.29, 1.82) is 0 Å². The second kappa shape index (κ2) is 7.29. The lowest BCUT2D eigenvalue weighted by Crippen LogP contribution is -2.51. The molecule has 1 aromatic heterocycles. The van der Waals surface area contributed by atoms with Gasteiger partial charge in [-0.3, -0.25) is 9.59 Å². The fraction of sp³-hybridized carbons (Fsp3) is 0.333. The van der Waals surface area contributed by atoms with E-state index in [4.69, 9.17) is 4.74 Å². The van der Waals surface area contributed by atoms with Crippen LogP contribution in [-0.2, 0) is 4.79 Å². The number of hydrogen-bond acceptors (Lipinski definition) is 5. The first kappa shape index (κ1) is 16.9. The Balaban J connectivity index is 1.84. The molecule has 0 N–H and O–H groups in total. The molecule has 0 aliphatic carbocycles. The maximum atomic E-state index is 12.7. The number of nitrogens with zero attached hydrogens (tertiary/aromatic N) is 4. The van der Waals surface area contributed by atoms with Gasteiger partial charge in [0.1, 0.15) is 12.1 Å². The second-order valence-corrected chi connectivity index (χ2v) is 5.88. The molecule has 1 aromatic carbocycles. The molecule has 0 unspecified atom stereocenters. The highest BCUT2D eigenvalue weighted by Gasteiger charge is 2.32. The predicted octanol–water partition coefficient (Wildman–Crippen LogP) is 1.53. The van der Waals surface area contributed by atoms with E-state index in [2.05, 4.69) is 9.97 Å². The van der Waals surface area contributed by atoms with Crippen LogP contribution in [0.5, 0.6) is 5.75 Å². The number of methoxy groups -OCH3 is 1. The summed E-state index contributed by atoms with van der Waals surface area (Å²) in [5.41, 5.74) is 1.42. The number of rotatable bonds is 3. The van der Waals surface area contributed by atoms with Gasteiger partial charge in [-0.05, 0) is 17.7 Å². The van der Waals surface area contributed by atoms with Gasteiger partial charge < -0.3 is 14.5 Å². The summed E-state index contributed by atoms with van der Waals surface area (Å²) in [5.74, 6) is 0.626. The standard InChI is InChI=1S/C18H20N4O3/c1-13(23)22-8-7-21(18(24)15-9-19-12-20-10-15)11-17(22)14-3-5-16(25-2)6-4-14/h3-6,9-10,12,17H,7-8,11H2,1-2H3/t17-/m0/s1. The predicted molar refractivity (Wildman–Crippen MR) is 91.1 cm³/mol. The van der Waals surface area contributed by atoms with E-state index >= 15 is 0 Å². The first-order valence-electron chi connectivity index (χ1n) is 8.05. The molecule has 0 saturated carbocycles. The van der Waals surface area contributed by atoms with E-state index in [0.717, 1.165) is 11.3 Å². The highest BCUT2D eigenvalue weighted by Crippen LogP contribution is 2.27. The number of aromatic nitrogens is 2. The zero-order chi connectivity index (χ0) is 17.8. The van der Waals surface area contributed by atoms with Gasteiger partial charge in [0.15, 0.2) is 0 Å². The smallest absolute Gasteiger partial charge is 0.257 e. The van der Waals surface area contributed by atoms with Gasteiger partial charge in [-0.15, -0.1) is 0 Å². The van der Waals surface area contributed by atoms with E-state index in [-0.39, 0.29) is 17.9 Å². The van der Waals surface area contributed by atoms with Gasteiger partial charge >= 0.3 is 0 Å². The van der Waals surface area contributed by atoms with Crippen molar-refractivity contribution in [2.75, 3.05) is 26.7 Å². The molecule has 3 rings (SSSR count). The van der Waals surface area contributed by atoms with E-state index in [9.17, 15) is 9.59 Å². The average molecular weight is 340 g/mol. The van der Waals surface area contributed by atoms with Gasteiger partial charge in [0.25, 0.3) is 5.91 Å². The van der Waals surface area contributed by atoms with Gasteiger partial charge in [0.2, 0.25) is 5.91 Å². The molecule has 0 bridgehead atoms. The van der Waals surface area contributed by atoms with Crippen molar-refractivity contribution in [3.8, 4) is 5.75 Å². The molecule has 0 radical (unpaired) electrons. The lowest BCUT2D eigenvalue weighted by atomic mass is 10.0. The first-order valence-corrected chi connectivity index (χ1v) is 8.05. The number of ether oxygens (including phenoxy) is 1. The Hall–Kier alpha value is -2.96. The van der Waals surface area contributed by atoms with Crippen LogP contribution in [0.3, 0.4) is 0 Å². The van der Waals surface area contributed by atoms with Crippen LogP contribution in [0, 0.1) is 0 Å². The molecule has 1 atom stereocenters. The molecular weight excluding hydrogens is 320 g/mol. The molecule has 1 saturated heterocycles. The number of amides is 2. The van der Waals surface area contributed by atoms with Crippen LogP contribution >= 0.6 is 0 Å². The van der Waals surface area contributed by atoms with Crippen molar-refractivity contribution >= 4 is 11.8 Å².